The predicted molar refractivity (Wildman–Crippen MR) is 73.6 cm³/mol. The molecule has 0 atom stereocenters. The third-order valence-electron chi connectivity index (χ3n) is 2.75. The second kappa shape index (κ2) is 5.28. The summed E-state index contributed by atoms with van der Waals surface area (Å²) in [7, 11) is -2.92. The topological polar surface area (TPSA) is 52.0 Å². The molecule has 0 amide bonds. The summed E-state index contributed by atoms with van der Waals surface area (Å²) < 4.78 is 24.2. The van der Waals surface area contributed by atoms with Gasteiger partial charge in [0.05, 0.1) is 22.7 Å². The first-order valence-corrected chi connectivity index (χ1v) is 8.28. The van der Waals surface area contributed by atoms with E-state index in [0.717, 1.165) is 16.9 Å². The van der Waals surface area contributed by atoms with Gasteiger partial charge in [0.1, 0.15) is 15.7 Å². The fraction of sp³-hybridized carbons (Fsp3) is 0.417. The molecule has 0 saturated carbocycles. The fourth-order valence-electron chi connectivity index (χ4n) is 1.96. The van der Waals surface area contributed by atoms with Crippen LogP contribution < -0.4 is 0 Å². The molecular formula is C12H15ClN2O2S. The Hall–Kier alpha value is -1.07. The van der Waals surface area contributed by atoms with Gasteiger partial charge in [0.25, 0.3) is 0 Å². The van der Waals surface area contributed by atoms with Crippen LogP contribution in [0.3, 0.4) is 0 Å². The lowest BCUT2D eigenvalue weighted by molar-refractivity contribution is 0.591. The fourth-order valence-corrected chi connectivity index (χ4v) is 2.82. The molecule has 1 aromatic carbocycles. The van der Waals surface area contributed by atoms with Crippen molar-refractivity contribution in [3.63, 3.8) is 0 Å². The minimum Gasteiger partial charge on any atom is -0.327 e. The molecule has 0 radical (unpaired) electrons. The van der Waals surface area contributed by atoms with Crippen LogP contribution in [0.2, 0.25) is 0 Å². The number of aryl methyl sites for hydroxylation is 1. The van der Waals surface area contributed by atoms with E-state index in [1.54, 1.807) is 0 Å². The molecule has 0 aliphatic carbocycles. The molecule has 1 aromatic heterocycles. The van der Waals surface area contributed by atoms with E-state index >= 15 is 0 Å². The summed E-state index contributed by atoms with van der Waals surface area (Å²) in [6.45, 7) is 0.621. The number of halogens is 1. The Morgan fingerprint density at radius 3 is 2.72 bits per heavy atom. The maximum Gasteiger partial charge on any atom is 0.147 e. The number of rotatable bonds is 5. The molecule has 98 valence electrons. The van der Waals surface area contributed by atoms with E-state index in [9.17, 15) is 8.42 Å². The van der Waals surface area contributed by atoms with Crippen LogP contribution in [-0.2, 0) is 22.3 Å². The van der Waals surface area contributed by atoms with Gasteiger partial charge in [-0.2, -0.15) is 0 Å². The lowest BCUT2D eigenvalue weighted by Gasteiger charge is -2.06. The third-order valence-corrected chi connectivity index (χ3v) is 4.02. The van der Waals surface area contributed by atoms with Gasteiger partial charge in [-0.15, -0.1) is 11.6 Å². The molecule has 2 aromatic rings. The SMILES string of the molecule is CS(=O)(=O)CCCn1c(CCl)nc2ccccc21. The summed E-state index contributed by atoms with van der Waals surface area (Å²) in [6.07, 6.45) is 1.82. The number of benzene rings is 1. The minimum atomic E-state index is -2.92. The molecule has 18 heavy (non-hydrogen) atoms. The van der Waals surface area contributed by atoms with Gasteiger partial charge < -0.3 is 4.57 Å². The largest absolute Gasteiger partial charge is 0.327 e. The zero-order valence-corrected chi connectivity index (χ0v) is 11.7. The Labute approximate surface area is 112 Å². The highest BCUT2D eigenvalue weighted by molar-refractivity contribution is 7.90. The molecule has 0 aliphatic heterocycles. The quantitative estimate of drug-likeness (QED) is 0.792. The molecule has 0 unspecified atom stereocenters. The number of fused-ring (bicyclic) bond motifs is 1. The summed E-state index contributed by atoms with van der Waals surface area (Å²) in [5.41, 5.74) is 1.90. The van der Waals surface area contributed by atoms with Gasteiger partial charge in [0, 0.05) is 12.8 Å². The molecule has 0 spiro atoms. The van der Waals surface area contributed by atoms with E-state index in [0.29, 0.717) is 18.8 Å². The van der Waals surface area contributed by atoms with Gasteiger partial charge in [-0.3, -0.25) is 0 Å². The van der Waals surface area contributed by atoms with Crippen LogP contribution in [0.25, 0.3) is 11.0 Å². The van der Waals surface area contributed by atoms with Gasteiger partial charge in [-0.05, 0) is 18.6 Å². The van der Waals surface area contributed by atoms with Crippen molar-refractivity contribution >= 4 is 32.5 Å². The molecule has 1 heterocycles. The van der Waals surface area contributed by atoms with Gasteiger partial charge in [0.15, 0.2) is 0 Å². The summed E-state index contributed by atoms with van der Waals surface area (Å²) in [6, 6.07) is 7.76. The predicted octanol–water partition coefficient (Wildman–Crippen LogP) is 2.21. The van der Waals surface area contributed by atoms with Crippen LogP contribution in [0.1, 0.15) is 12.2 Å². The van der Waals surface area contributed by atoms with Crippen molar-refractivity contribution in [3.8, 4) is 0 Å². The summed E-state index contributed by atoms with van der Waals surface area (Å²) in [5.74, 6) is 1.29. The first-order chi connectivity index (χ1) is 8.51. The third kappa shape index (κ3) is 3.03. The molecular weight excluding hydrogens is 272 g/mol. The Balaban J connectivity index is 2.25. The monoisotopic (exact) mass is 286 g/mol. The maximum atomic E-state index is 11.1. The lowest BCUT2D eigenvalue weighted by Crippen LogP contribution is -2.09. The lowest BCUT2D eigenvalue weighted by atomic mass is 10.3. The molecule has 2 rings (SSSR count). The molecule has 0 aliphatic rings. The van der Waals surface area contributed by atoms with Crippen LogP contribution in [0.4, 0.5) is 0 Å². The van der Waals surface area contributed by atoms with E-state index in [1.165, 1.54) is 6.26 Å². The Kier molecular flexibility index (Phi) is 3.92. The van der Waals surface area contributed by atoms with Crippen LogP contribution in [0, 0.1) is 0 Å². The van der Waals surface area contributed by atoms with Crippen molar-refractivity contribution in [1.29, 1.82) is 0 Å². The maximum absolute atomic E-state index is 11.1. The second-order valence-electron chi connectivity index (χ2n) is 4.29. The molecule has 6 heteroatoms. The number of sulfone groups is 1. The van der Waals surface area contributed by atoms with Crippen LogP contribution in [-0.4, -0.2) is 30.0 Å². The van der Waals surface area contributed by atoms with Crippen molar-refractivity contribution in [2.45, 2.75) is 18.8 Å². The average molecular weight is 287 g/mol. The van der Waals surface area contributed by atoms with E-state index in [2.05, 4.69) is 4.98 Å². The number of para-hydroxylation sites is 2. The zero-order valence-electron chi connectivity index (χ0n) is 10.1. The average Bonchev–Trinajstić information content (AvgIpc) is 2.66. The Morgan fingerprint density at radius 1 is 1.33 bits per heavy atom. The second-order valence-corrected chi connectivity index (χ2v) is 6.81. The standard InChI is InChI=1S/C12H15ClN2O2S/c1-18(16,17)8-4-7-15-11-6-3-2-5-10(11)14-12(15)9-13/h2-3,5-6H,4,7-9H2,1H3. The van der Waals surface area contributed by atoms with E-state index in [-0.39, 0.29) is 5.75 Å². The number of hydrogen-bond donors (Lipinski definition) is 0. The number of nitrogens with zero attached hydrogens (tertiary/aromatic N) is 2. The van der Waals surface area contributed by atoms with Gasteiger partial charge in [-0.1, -0.05) is 12.1 Å². The van der Waals surface area contributed by atoms with Crippen LogP contribution >= 0.6 is 11.6 Å². The van der Waals surface area contributed by atoms with Gasteiger partial charge in [0.2, 0.25) is 0 Å². The Morgan fingerprint density at radius 2 is 2.06 bits per heavy atom. The van der Waals surface area contributed by atoms with E-state index < -0.39 is 9.84 Å². The smallest absolute Gasteiger partial charge is 0.147 e. The molecule has 0 bridgehead atoms. The van der Waals surface area contributed by atoms with Crippen LogP contribution in [0.5, 0.6) is 0 Å². The van der Waals surface area contributed by atoms with Crippen LogP contribution in [0.15, 0.2) is 24.3 Å². The summed E-state index contributed by atoms with van der Waals surface area (Å²) in [5, 5.41) is 0. The highest BCUT2D eigenvalue weighted by Crippen LogP contribution is 2.17. The Bertz CT molecular complexity index is 649. The molecule has 0 fully saturated rings. The normalized spacial score (nSPS) is 12.1. The summed E-state index contributed by atoms with van der Waals surface area (Å²) in [4.78, 5) is 4.43. The molecule has 4 nitrogen and oxygen atoms in total. The van der Waals surface area contributed by atoms with Crippen molar-refractivity contribution < 1.29 is 8.42 Å². The molecule has 0 N–H and O–H groups in total. The molecule has 0 saturated heterocycles. The number of aromatic nitrogens is 2. The highest BCUT2D eigenvalue weighted by atomic mass is 35.5. The van der Waals surface area contributed by atoms with Gasteiger partial charge in [-0.25, -0.2) is 13.4 Å². The van der Waals surface area contributed by atoms with E-state index in [4.69, 9.17) is 11.6 Å². The van der Waals surface area contributed by atoms with Gasteiger partial charge >= 0.3 is 0 Å². The minimum absolute atomic E-state index is 0.182. The number of hydrogen-bond acceptors (Lipinski definition) is 3. The van der Waals surface area contributed by atoms with E-state index in [1.807, 2.05) is 28.8 Å². The van der Waals surface area contributed by atoms with Crippen molar-refractivity contribution in [2.24, 2.45) is 0 Å². The summed E-state index contributed by atoms with van der Waals surface area (Å²) >= 11 is 5.87. The number of imidazole rings is 1. The highest BCUT2D eigenvalue weighted by Gasteiger charge is 2.10. The number of alkyl halides is 1. The zero-order chi connectivity index (χ0) is 13.2. The first kappa shape index (κ1) is 13.4. The van der Waals surface area contributed by atoms with Crippen molar-refractivity contribution in [1.82, 2.24) is 9.55 Å². The van der Waals surface area contributed by atoms with Crippen molar-refractivity contribution in [2.75, 3.05) is 12.0 Å². The first-order valence-electron chi connectivity index (χ1n) is 5.69. The van der Waals surface area contributed by atoms with Crippen molar-refractivity contribution in [3.05, 3.63) is 30.1 Å².